The Bertz CT molecular complexity index is 908. The molecule has 0 spiro atoms. The van der Waals surface area contributed by atoms with Crippen LogP contribution in [0.3, 0.4) is 0 Å². The van der Waals surface area contributed by atoms with E-state index in [1.54, 1.807) is 6.07 Å². The van der Waals surface area contributed by atoms with Gasteiger partial charge in [-0.2, -0.15) is 5.10 Å². The lowest BCUT2D eigenvalue weighted by atomic mass is 10.0. The first-order valence-electron chi connectivity index (χ1n) is 8.44. The molecule has 3 N–H and O–H groups in total. The van der Waals surface area contributed by atoms with Crippen molar-refractivity contribution in [3.8, 4) is 11.1 Å². The summed E-state index contributed by atoms with van der Waals surface area (Å²) < 4.78 is 15.3. The molecule has 0 aliphatic carbocycles. The number of halogens is 1. The third kappa shape index (κ3) is 3.22. The molecular weight excluding hydrogens is 333 g/mol. The molecule has 0 atom stereocenters. The summed E-state index contributed by atoms with van der Waals surface area (Å²) in [5.41, 5.74) is 8.21. The van der Waals surface area contributed by atoms with E-state index in [2.05, 4.69) is 10.1 Å². The monoisotopic (exact) mass is 357 g/mol. The number of H-pyrrole nitrogens is 1. The number of aromatic amines is 1. The Balaban J connectivity index is 0.00000196. The number of benzene rings is 1. The quantitative estimate of drug-likeness (QED) is 0.756. The maximum Gasteiger partial charge on any atom is 0.236 e. The van der Waals surface area contributed by atoms with Crippen LogP contribution < -0.4 is 5.73 Å². The van der Waals surface area contributed by atoms with Gasteiger partial charge in [0.05, 0.1) is 18.8 Å². The second kappa shape index (κ2) is 7.29. The van der Waals surface area contributed by atoms with Gasteiger partial charge in [-0.05, 0) is 31.0 Å². The van der Waals surface area contributed by atoms with Gasteiger partial charge in [-0.3, -0.25) is 9.48 Å². The Morgan fingerprint density at radius 3 is 2.85 bits per heavy atom. The van der Waals surface area contributed by atoms with Crippen molar-refractivity contribution in [2.24, 2.45) is 5.73 Å². The first kappa shape index (κ1) is 18.1. The van der Waals surface area contributed by atoms with Crippen LogP contribution in [-0.4, -0.2) is 45.2 Å². The molecule has 1 aliphatic rings. The molecule has 0 radical (unpaired) electrons. The maximum absolute atomic E-state index is 13.3. The number of nitrogens with one attached hydrogen (secondary N) is 1. The van der Waals surface area contributed by atoms with Gasteiger partial charge in [0.1, 0.15) is 5.82 Å². The fourth-order valence-corrected chi connectivity index (χ4v) is 3.52. The Labute approximate surface area is 151 Å². The summed E-state index contributed by atoms with van der Waals surface area (Å²) in [5, 5.41) is 5.49. The number of likely N-dealkylation sites (tertiary alicyclic amines) is 1. The van der Waals surface area contributed by atoms with E-state index in [4.69, 9.17) is 5.73 Å². The van der Waals surface area contributed by atoms with Crippen LogP contribution in [0.2, 0.25) is 0 Å². The fraction of sp³-hybridized carbons (Fsp3) is 0.368. The van der Waals surface area contributed by atoms with Crippen molar-refractivity contribution in [3.63, 3.8) is 0 Å². The molecule has 4 rings (SSSR count). The van der Waals surface area contributed by atoms with Crippen LogP contribution in [0.5, 0.6) is 0 Å². The van der Waals surface area contributed by atoms with Crippen molar-refractivity contribution in [1.82, 2.24) is 19.7 Å². The number of piperidine rings is 1. The molecule has 138 valence electrons. The summed E-state index contributed by atoms with van der Waals surface area (Å²) in [6, 6.07) is 5.02. The van der Waals surface area contributed by atoms with Crippen LogP contribution in [0.15, 0.2) is 36.8 Å². The van der Waals surface area contributed by atoms with Crippen molar-refractivity contribution in [1.29, 1.82) is 0 Å². The highest BCUT2D eigenvalue weighted by atomic mass is 19.1. The lowest BCUT2D eigenvalue weighted by Gasteiger charge is -2.31. The Morgan fingerprint density at radius 2 is 2.12 bits per heavy atom. The van der Waals surface area contributed by atoms with Crippen LogP contribution in [0.25, 0.3) is 22.0 Å². The van der Waals surface area contributed by atoms with Crippen LogP contribution in [0.4, 0.5) is 4.39 Å². The molecule has 1 fully saturated rings. The number of hydrogen-bond donors (Lipinski definition) is 2. The number of nitrogens with two attached hydrogens (primary N) is 1. The van der Waals surface area contributed by atoms with E-state index in [1.165, 1.54) is 12.1 Å². The van der Waals surface area contributed by atoms with Crippen molar-refractivity contribution < 1.29 is 9.18 Å². The summed E-state index contributed by atoms with van der Waals surface area (Å²) in [5.74, 6) is -0.249. The SMILES string of the molecule is C.NCC(=O)N1CCC(n2cc(-c3c[nH]c4cc(F)ccc34)cn2)CC1. The average molecular weight is 357 g/mol. The van der Waals surface area contributed by atoms with Crippen LogP contribution in [-0.2, 0) is 4.79 Å². The molecule has 7 heteroatoms. The molecule has 26 heavy (non-hydrogen) atoms. The van der Waals surface area contributed by atoms with Gasteiger partial charge in [-0.15, -0.1) is 0 Å². The third-order valence-electron chi connectivity index (χ3n) is 4.92. The first-order valence-corrected chi connectivity index (χ1v) is 8.44. The molecule has 0 unspecified atom stereocenters. The van der Waals surface area contributed by atoms with Gasteiger partial charge in [0.15, 0.2) is 0 Å². The number of rotatable bonds is 3. The normalized spacial score (nSPS) is 15.2. The molecule has 0 bridgehead atoms. The van der Waals surface area contributed by atoms with E-state index in [1.807, 2.05) is 28.2 Å². The summed E-state index contributed by atoms with van der Waals surface area (Å²) >= 11 is 0. The second-order valence-corrected chi connectivity index (χ2v) is 6.42. The zero-order chi connectivity index (χ0) is 17.4. The Hall–Kier alpha value is -2.67. The van der Waals surface area contributed by atoms with Crippen molar-refractivity contribution >= 4 is 16.8 Å². The van der Waals surface area contributed by atoms with Gasteiger partial charge in [0.25, 0.3) is 0 Å². The Kier molecular flexibility index (Phi) is 5.08. The maximum atomic E-state index is 13.3. The lowest BCUT2D eigenvalue weighted by Crippen LogP contribution is -2.42. The summed E-state index contributed by atoms with van der Waals surface area (Å²) in [6.07, 6.45) is 7.48. The predicted octanol–water partition coefficient (Wildman–Crippen LogP) is 2.93. The van der Waals surface area contributed by atoms with Gasteiger partial charge in [0, 0.05) is 47.5 Å². The highest BCUT2D eigenvalue weighted by Gasteiger charge is 2.23. The minimum absolute atomic E-state index is 0. The van der Waals surface area contributed by atoms with Gasteiger partial charge in [-0.1, -0.05) is 7.43 Å². The molecule has 1 aromatic carbocycles. The number of aromatic nitrogens is 3. The summed E-state index contributed by atoms with van der Waals surface area (Å²) in [4.78, 5) is 16.6. The van der Waals surface area contributed by atoms with Crippen LogP contribution in [0, 0.1) is 5.82 Å². The van der Waals surface area contributed by atoms with E-state index >= 15 is 0 Å². The molecule has 3 aromatic rings. The number of carbonyl (C=O) groups excluding carboxylic acids is 1. The van der Waals surface area contributed by atoms with Gasteiger partial charge in [-0.25, -0.2) is 4.39 Å². The second-order valence-electron chi connectivity index (χ2n) is 6.42. The van der Waals surface area contributed by atoms with Crippen molar-refractivity contribution in [2.45, 2.75) is 26.3 Å². The largest absolute Gasteiger partial charge is 0.360 e. The van der Waals surface area contributed by atoms with Crippen LogP contribution in [0.1, 0.15) is 26.3 Å². The van der Waals surface area contributed by atoms with E-state index in [0.717, 1.165) is 34.9 Å². The molecule has 6 nitrogen and oxygen atoms in total. The Morgan fingerprint density at radius 1 is 1.35 bits per heavy atom. The van der Waals surface area contributed by atoms with E-state index in [0.29, 0.717) is 13.1 Å². The third-order valence-corrected chi connectivity index (χ3v) is 4.92. The molecular formula is C19H24FN5O. The summed E-state index contributed by atoms with van der Waals surface area (Å²) in [6.45, 7) is 1.49. The smallest absolute Gasteiger partial charge is 0.236 e. The molecule has 1 amide bonds. The number of carbonyl (C=O) groups is 1. The lowest BCUT2D eigenvalue weighted by molar-refractivity contribution is -0.130. The highest BCUT2D eigenvalue weighted by Crippen LogP contribution is 2.30. The van der Waals surface area contributed by atoms with Crippen molar-refractivity contribution in [2.75, 3.05) is 19.6 Å². The molecule has 2 aromatic heterocycles. The number of nitrogens with zero attached hydrogens (tertiary/aromatic N) is 3. The predicted molar refractivity (Wildman–Crippen MR) is 100 cm³/mol. The number of amides is 1. The molecule has 1 saturated heterocycles. The minimum Gasteiger partial charge on any atom is -0.360 e. The molecule has 3 heterocycles. The van der Waals surface area contributed by atoms with Crippen LogP contribution >= 0.6 is 0 Å². The fourth-order valence-electron chi connectivity index (χ4n) is 3.52. The van der Waals surface area contributed by atoms with Crippen molar-refractivity contribution in [3.05, 3.63) is 42.6 Å². The molecule has 0 saturated carbocycles. The van der Waals surface area contributed by atoms with E-state index in [9.17, 15) is 9.18 Å². The van der Waals surface area contributed by atoms with Gasteiger partial charge in [0.2, 0.25) is 5.91 Å². The highest BCUT2D eigenvalue weighted by molar-refractivity contribution is 5.95. The first-order chi connectivity index (χ1) is 12.2. The van der Waals surface area contributed by atoms with E-state index < -0.39 is 0 Å². The zero-order valence-electron chi connectivity index (χ0n) is 13.8. The number of hydrogen-bond acceptors (Lipinski definition) is 3. The standard InChI is InChI=1S/C18H20FN5O.CH4/c19-13-1-2-15-16(10-21-17(15)7-13)12-9-22-24(11-12)14-3-5-23(6-4-14)18(25)8-20;/h1-2,7,9-11,14,21H,3-6,8,20H2;1H4. The minimum atomic E-state index is -0.254. The van der Waals surface area contributed by atoms with Gasteiger partial charge >= 0.3 is 0 Å². The number of fused-ring (bicyclic) bond motifs is 1. The zero-order valence-corrected chi connectivity index (χ0v) is 13.8. The topological polar surface area (TPSA) is 79.9 Å². The molecule has 1 aliphatic heterocycles. The average Bonchev–Trinajstić information content (AvgIpc) is 3.27. The van der Waals surface area contributed by atoms with E-state index in [-0.39, 0.29) is 31.7 Å². The summed E-state index contributed by atoms with van der Waals surface area (Å²) in [7, 11) is 0. The van der Waals surface area contributed by atoms with Gasteiger partial charge < -0.3 is 15.6 Å².